The van der Waals surface area contributed by atoms with Crippen molar-refractivity contribution in [2.45, 2.75) is 24.3 Å². The maximum atomic E-state index is 12.8. The van der Waals surface area contributed by atoms with Crippen LogP contribution in [0.4, 0.5) is 11.4 Å². The fourth-order valence-electron chi connectivity index (χ4n) is 3.25. The number of rotatable bonds is 7. The van der Waals surface area contributed by atoms with Crippen LogP contribution < -0.4 is 5.32 Å². The number of anilines is 1. The molecule has 0 bridgehead atoms. The lowest BCUT2D eigenvalue weighted by Crippen LogP contribution is -2.23. The monoisotopic (exact) mass is 471 g/mol. The van der Waals surface area contributed by atoms with E-state index < -0.39 is 10.2 Å². The Balaban J connectivity index is 1.59. The van der Waals surface area contributed by atoms with Gasteiger partial charge in [-0.15, -0.1) is 10.2 Å². The van der Waals surface area contributed by atoms with Crippen LogP contribution in [0, 0.1) is 17.0 Å². The molecule has 3 aromatic carbocycles. The molecule has 170 valence electrons. The van der Waals surface area contributed by atoms with Gasteiger partial charge in [0.25, 0.3) is 5.69 Å². The van der Waals surface area contributed by atoms with Crippen molar-refractivity contribution in [1.29, 1.82) is 0 Å². The van der Waals surface area contributed by atoms with Gasteiger partial charge in [0.15, 0.2) is 0 Å². The molecule has 1 atom stereocenters. The number of non-ortho nitro benzene ring substituents is 1. The van der Waals surface area contributed by atoms with Crippen LogP contribution in [-0.2, 0) is 4.79 Å². The van der Waals surface area contributed by atoms with Crippen molar-refractivity contribution < 1.29 is 9.72 Å². The molecule has 9 heteroatoms. The summed E-state index contributed by atoms with van der Waals surface area (Å²) in [6, 6.07) is 23.7. The molecular weight excluding hydrogens is 450 g/mol. The summed E-state index contributed by atoms with van der Waals surface area (Å²) < 4.78 is 0. The molecular formula is C25H21N5O3S. The van der Waals surface area contributed by atoms with Gasteiger partial charge < -0.3 is 5.32 Å². The summed E-state index contributed by atoms with van der Waals surface area (Å²) >= 11 is 1.17. The Bertz CT molecular complexity index is 1330. The van der Waals surface area contributed by atoms with Crippen LogP contribution in [0.5, 0.6) is 0 Å². The zero-order valence-electron chi connectivity index (χ0n) is 18.5. The highest BCUT2D eigenvalue weighted by Crippen LogP contribution is 2.31. The first-order chi connectivity index (χ1) is 16.4. The second kappa shape index (κ2) is 10.2. The number of nitro benzene ring substituents is 1. The van der Waals surface area contributed by atoms with Crippen molar-refractivity contribution in [2.75, 3.05) is 5.32 Å². The standard InChI is InChI=1S/C25H21N5O3S/c1-16-13-14-20(30(32)33)15-21(16)26-24(31)17(2)34-25-27-22(18-9-5-3-6-10-18)23(28-29-25)19-11-7-4-8-12-19/h3-15,17H,1-2H3,(H,26,31)/t17-/m0/s1. The number of carbonyl (C=O) groups excluding carboxylic acids is 1. The lowest BCUT2D eigenvalue weighted by molar-refractivity contribution is -0.384. The van der Waals surface area contributed by atoms with E-state index in [9.17, 15) is 14.9 Å². The van der Waals surface area contributed by atoms with Gasteiger partial charge in [0, 0.05) is 23.3 Å². The van der Waals surface area contributed by atoms with Gasteiger partial charge in [-0.2, -0.15) is 0 Å². The number of nitrogens with one attached hydrogen (secondary N) is 1. The zero-order chi connectivity index (χ0) is 24.1. The van der Waals surface area contributed by atoms with Crippen LogP contribution >= 0.6 is 11.8 Å². The Kier molecular flexibility index (Phi) is 6.93. The predicted molar refractivity (Wildman–Crippen MR) is 132 cm³/mol. The Hall–Kier alpha value is -4.11. The maximum Gasteiger partial charge on any atom is 0.271 e. The first-order valence-corrected chi connectivity index (χ1v) is 11.4. The van der Waals surface area contributed by atoms with Gasteiger partial charge in [-0.1, -0.05) is 78.5 Å². The highest BCUT2D eigenvalue weighted by atomic mass is 32.2. The molecule has 0 spiro atoms. The molecule has 1 amide bonds. The summed E-state index contributed by atoms with van der Waals surface area (Å²) in [5.74, 6) is -0.314. The summed E-state index contributed by atoms with van der Waals surface area (Å²) in [6.45, 7) is 3.50. The Morgan fingerprint density at radius 1 is 0.941 bits per heavy atom. The van der Waals surface area contributed by atoms with E-state index in [2.05, 4.69) is 15.5 Å². The molecule has 1 heterocycles. The van der Waals surface area contributed by atoms with E-state index in [1.807, 2.05) is 60.7 Å². The summed E-state index contributed by atoms with van der Waals surface area (Å²) in [7, 11) is 0. The largest absolute Gasteiger partial charge is 0.325 e. The molecule has 4 aromatic rings. The van der Waals surface area contributed by atoms with Crippen molar-refractivity contribution in [3.05, 3.63) is 94.5 Å². The molecule has 0 radical (unpaired) electrons. The third kappa shape index (κ3) is 5.26. The van der Waals surface area contributed by atoms with E-state index in [1.54, 1.807) is 19.9 Å². The fourth-order valence-corrected chi connectivity index (χ4v) is 3.97. The molecule has 0 aliphatic rings. The minimum absolute atomic E-state index is 0.0854. The van der Waals surface area contributed by atoms with Gasteiger partial charge in [-0.25, -0.2) is 4.98 Å². The highest BCUT2D eigenvalue weighted by molar-refractivity contribution is 8.00. The van der Waals surface area contributed by atoms with E-state index in [1.165, 1.54) is 23.9 Å². The summed E-state index contributed by atoms with van der Waals surface area (Å²) in [6.07, 6.45) is 0. The predicted octanol–water partition coefficient (Wildman–Crippen LogP) is 5.54. The molecule has 4 rings (SSSR count). The number of nitro groups is 1. The molecule has 34 heavy (non-hydrogen) atoms. The van der Waals surface area contributed by atoms with Gasteiger partial charge in [0.1, 0.15) is 11.4 Å². The second-order valence-electron chi connectivity index (χ2n) is 7.53. The lowest BCUT2D eigenvalue weighted by atomic mass is 10.0. The Morgan fingerprint density at radius 2 is 1.56 bits per heavy atom. The third-order valence-corrected chi connectivity index (χ3v) is 6.05. The number of carbonyl (C=O) groups is 1. The molecule has 1 N–H and O–H groups in total. The number of hydrogen-bond donors (Lipinski definition) is 1. The summed E-state index contributed by atoms with van der Waals surface area (Å²) in [5.41, 5.74) is 4.15. The molecule has 0 saturated carbocycles. The topological polar surface area (TPSA) is 111 Å². The smallest absolute Gasteiger partial charge is 0.271 e. The SMILES string of the molecule is Cc1ccc([N+](=O)[O-])cc1NC(=O)[C@H](C)Sc1nnc(-c2ccccc2)c(-c2ccccc2)n1. The number of amides is 1. The van der Waals surface area contributed by atoms with E-state index in [-0.39, 0.29) is 11.6 Å². The normalized spacial score (nSPS) is 11.6. The number of thioether (sulfide) groups is 1. The third-order valence-electron chi connectivity index (χ3n) is 5.10. The van der Waals surface area contributed by atoms with Gasteiger partial charge in [-0.05, 0) is 19.4 Å². The van der Waals surface area contributed by atoms with Gasteiger partial charge >= 0.3 is 0 Å². The molecule has 0 aliphatic heterocycles. The fraction of sp³-hybridized carbons (Fsp3) is 0.120. The first kappa shape index (κ1) is 23.1. The van der Waals surface area contributed by atoms with Gasteiger partial charge in [-0.3, -0.25) is 14.9 Å². The van der Waals surface area contributed by atoms with Crippen molar-refractivity contribution in [3.63, 3.8) is 0 Å². The minimum atomic E-state index is -0.563. The maximum absolute atomic E-state index is 12.8. The quantitative estimate of drug-likeness (QED) is 0.214. The van der Waals surface area contributed by atoms with Crippen LogP contribution in [-0.4, -0.2) is 31.3 Å². The Labute approximate surface area is 200 Å². The van der Waals surface area contributed by atoms with Crippen molar-refractivity contribution in [1.82, 2.24) is 15.2 Å². The van der Waals surface area contributed by atoms with Crippen LogP contribution in [0.25, 0.3) is 22.5 Å². The van der Waals surface area contributed by atoms with Crippen molar-refractivity contribution >= 4 is 29.0 Å². The molecule has 0 unspecified atom stereocenters. The van der Waals surface area contributed by atoms with E-state index in [0.717, 1.165) is 16.7 Å². The molecule has 0 aliphatic carbocycles. The Morgan fingerprint density at radius 3 is 2.18 bits per heavy atom. The zero-order valence-corrected chi connectivity index (χ0v) is 19.3. The molecule has 1 aromatic heterocycles. The van der Waals surface area contributed by atoms with Gasteiger partial charge in [0.05, 0.1) is 15.9 Å². The van der Waals surface area contributed by atoms with E-state index in [0.29, 0.717) is 22.2 Å². The summed E-state index contributed by atoms with van der Waals surface area (Å²) in [5, 5.41) is 22.3. The molecule has 0 fully saturated rings. The number of benzene rings is 3. The highest BCUT2D eigenvalue weighted by Gasteiger charge is 2.20. The van der Waals surface area contributed by atoms with Crippen molar-refractivity contribution in [2.24, 2.45) is 0 Å². The summed E-state index contributed by atoms with van der Waals surface area (Å²) in [4.78, 5) is 28.1. The number of aromatic nitrogens is 3. The molecule has 8 nitrogen and oxygen atoms in total. The van der Waals surface area contributed by atoms with Crippen LogP contribution in [0.3, 0.4) is 0 Å². The number of nitrogens with zero attached hydrogens (tertiary/aromatic N) is 4. The van der Waals surface area contributed by atoms with Crippen molar-refractivity contribution in [3.8, 4) is 22.5 Å². The molecule has 0 saturated heterocycles. The van der Waals surface area contributed by atoms with Gasteiger partial charge in [0.2, 0.25) is 11.1 Å². The number of hydrogen-bond acceptors (Lipinski definition) is 7. The average Bonchev–Trinajstić information content (AvgIpc) is 2.86. The minimum Gasteiger partial charge on any atom is -0.325 e. The van der Waals surface area contributed by atoms with Crippen LogP contribution in [0.2, 0.25) is 0 Å². The lowest BCUT2D eigenvalue weighted by Gasteiger charge is -2.14. The number of aryl methyl sites for hydroxylation is 1. The average molecular weight is 472 g/mol. The van der Waals surface area contributed by atoms with Crippen LogP contribution in [0.1, 0.15) is 12.5 Å². The van der Waals surface area contributed by atoms with Crippen LogP contribution in [0.15, 0.2) is 84.0 Å². The second-order valence-corrected chi connectivity index (χ2v) is 8.84. The van der Waals surface area contributed by atoms with E-state index in [4.69, 9.17) is 4.98 Å². The first-order valence-electron chi connectivity index (χ1n) is 10.5. The van der Waals surface area contributed by atoms with E-state index >= 15 is 0 Å².